The quantitative estimate of drug-likeness (QED) is 0.562. The number of Topliss-reactive ketones (excluding diaryl/α,β-unsaturated/α-hetero) is 1. The lowest BCUT2D eigenvalue weighted by atomic mass is 9.74. The van der Waals surface area contributed by atoms with Crippen LogP contribution in [0.1, 0.15) is 77.6 Å². The highest BCUT2D eigenvalue weighted by atomic mass is 16.2. The Hall–Kier alpha value is -1.69. The number of amides is 3. The first-order valence-electron chi connectivity index (χ1n) is 11.9. The van der Waals surface area contributed by atoms with Gasteiger partial charge in [-0.3, -0.25) is 14.5 Å². The summed E-state index contributed by atoms with van der Waals surface area (Å²) < 4.78 is 0. The normalized spacial score (nSPS) is 34.5. The van der Waals surface area contributed by atoms with Crippen molar-refractivity contribution >= 4 is 17.7 Å². The SMILES string of the molecule is CN1C(=O)N(CC(=O)C2CC3(CCCCCCC3)CN2)C(=O)C1(C)C1CC=CCC1. The Morgan fingerprint density at radius 1 is 1.13 bits per heavy atom. The Bertz CT molecular complexity index is 725. The third-order valence-corrected chi connectivity index (χ3v) is 8.43. The Balaban J connectivity index is 1.42. The predicted octanol–water partition coefficient (Wildman–Crippen LogP) is 3.66. The fourth-order valence-corrected chi connectivity index (χ4v) is 6.22. The maximum atomic E-state index is 13.3. The molecule has 1 spiro atoms. The van der Waals surface area contributed by atoms with E-state index < -0.39 is 5.54 Å². The highest BCUT2D eigenvalue weighted by molar-refractivity contribution is 6.09. The summed E-state index contributed by atoms with van der Waals surface area (Å²) in [6, 6.07) is -0.566. The van der Waals surface area contributed by atoms with Crippen molar-refractivity contribution in [3.05, 3.63) is 12.2 Å². The summed E-state index contributed by atoms with van der Waals surface area (Å²) in [7, 11) is 1.71. The lowest BCUT2D eigenvalue weighted by Crippen LogP contribution is -2.51. The lowest BCUT2D eigenvalue weighted by molar-refractivity contribution is -0.137. The molecule has 3 amide bonds. The zero-order valence-electron chi connectivity index (χ0n) is 18.6. The van der Waals surface area contributed by atoms with E-state index in [2.05, 4.69) is 17.5 Å². The molecule has 1 saturated carbocycles. The standard InChI is InChI=1S/C24H37N3O3/c1-23(18-11-7-6-8-12-18)21(29)27(22(30)26(23)2)16-20(28)19-15-24(17-25-19)13-9-4-3-5-10-14-24/h6-7,18-19,25H,3-5,8-17H2,1-2H3. The van der Waals surface area contributed by atoms with Crippen LogP contribution in [0.25, 0.3) is 0 Å². The minimum atomic E-state index is -0.855. The summed E-state index contributed by atoms with van der Waals surface area (Å²) in [5.41, 5.74) is -0.633. The van der Waals surface area contributed by atoms with Crippen molar-refractivity contribution in [1.82, 2.24) is 15.1 Å². The molecule has 4 rings (SSSR count). The summed E-state index contributed by atoms with van der Waals surface area (Å²) in [6.45, 7) is 2.66. The van der Waals surface area contributed by atoms with Crippen molar-refractivity contribution < 1.29 is 14.4 Å². The van der Waals surface area contributed by atoms with Crippen LogP contribution in [-0.4, -0.2) is 59.2 Å². The van der Waals surface area contributed by atoms with E-state index in [1.807, 2.05) is 6.92 Å². The van der Waals surface area contributed by atoms with Crippen LogP contribution in [-0.2, 0) is 9.59 Å². The van der Waals surface area contributed by atoms with Gasteiger partial charge in [-0.15, -0.1) is 0 Å². The van der Waals surface area contributed by atoms with Crippen LogP contribution in [0.3, 0.4) is 0 Å². The highest BCUT2D eigenvalue weighted by Gasteiger charge is 2.57. The number of nitrogens with one attached hydrogen (secondary N) is 1. The molecule has 6 heteroatoms. The summed E-state index contributed by atoms with van der Waals surface area (Å²) in [4.78, 5) is 42.2. The van der Waals surface area contributed by atoms with Gasteiger partial charge in [0.05, 0.1) is 12.6 Å². The van der Waals surface area contributed by atoms with Crippen molar-refractivity contribution in [2.75, 3.05) is 20.1 Å². The van der Waals surface area contributed by atoms with Gasteiger partial charge in [-0.1, -0.05) is 44.3 Å². The highest BCUT2D eigenvalue weighted by Crippen LogP contribution is 2.42. The van der Waals surface area contributed by atoms with Gasteiger partial charge in [0, 0.05) is 13.6 Å². The predicted molar refractivity (Wildman–Crippen MR) is 116 cm³/mol. The van der Waals surface area contributed by atoms with Crippen molar-refractivity contribution in [3.63, 3.8) is 0 Å². The van der Waals surface area contributed by atoms with E-state index >= 15 is 0 Å². The summed E-state index contributed by atoms with van der Waals surface area (Å²) in [5.74, 6) is -0.119. The Labute approximate surface area is 180 Å². The fourth-order valence-electron chi connectivity index (χ4n) is 6.22. The van der Waals surface area contributed by atoms with Gasteiger partial charge in [0.1, 0.15) is 5.54 Å². The second-order valence-corrected chi connectivity index (χ2v) is 10.2. The van der Waals surface area contributed by atoms with Gasteiger partial charge in [-0.25, -0.2) is 4.79 Å². The van der Waals surface area contributed by atoms with Gasteiger partial charge >= 0.3 is 6.03 Å². The first-order valence-corrected chi connectivity index (χ1v) is 11.9. The van der Waals surface area contributed by atoms with E-state index in [1.165, 1.54) is 49.8 Å². The van der Waals surface area contributed by atoms with Crippen molar-refractivity contribution in [2.24, 2.45) is 11.3 Å². The van der Waals surface area contributed by atoms with E-state index in [9.17, 15) is 14.4 Å². The van der Waals surface area contributed by atoms with E-state index in [0.717, 1.165) is 32.2 Å². The van der Waals surface area contributed by atoms with Crippen LogP contribution in [0.2, 0.25) is 0 Å². The van der Waals surface area contributed by atoms with Crippen molar-refractivity contribution in [3.8, 4) is 0 Å². The molecule has 0 aromatic carbocycles. The number of rotatable bonds is 4. The molecule has 2 saturated heterocycles. The number of carbonyl (C=O) groups excluding carboxylic acids is 3. The number of hydrogen-bond acceptors (Lipinski definition) is 4. The topological polar surface area (TPSA) is 69.7 Å². The first-order chi connectivity index (χ1) is 14.4. The van der Waals surface area contributed by atoms with Crippen molar-refractivity contribution in [1.29, 1.82) is 0 Å². The lowest BCUT2D eigenvalue weighted by Gasteiger charge is -2.37. The molecule has 0 radical (unpaired) electrons. The molecule has 3 fully saturated rings. The van der Waals surface area contributed by atoms with Crippen LogP contribution in [0.15, 0.2) is 12.2 Å². The molecule has 3 unspecified atom stereocenters. The molecule has 2 aliphatic carbocycles. The summed E-state index contributed by atoms with van der Waals surface area (Å²) in [5, 5.41) is 3.44. The minimum absolute atomic E-state index is 0.0168. The van der Waals surface area contributed by atoms with E-state index in [1.54, 1.807) is 11.9 Å². The number of imide groups is 1. The molecule has 2 heterocycles. The number of allylic oxidation sites excluding steroid dienone is 2. The Morgan fingerprint density at radius 2 is 1.83 bits per heavy atom. The molecular formula is C24H37N3O3. The van der Waals surface area contributed by atoms with Gasteiger partial charge in [-0.05, 0) is 56.8 Å². The second kappa shape index (κ2) is 8.45. The van der Waals surface area contributed by atoms with Crippen LogP contribution in [0.4, 0.5) is 4.79 Å². The molecule has 166 valence electrons. The van der Waals surface area contributed by atoms with Gasteiger partial charge in [-0.2, -0.15) is 0 Å². The van der Waals surface area contributed by atoms with Crippen LogP contribution in [0.5, 0.6) is 0 Å². The van der Waals surface area contributed by atoms with E-state index in [-0.39, 0.29) is 41.6 Å². The molecule has 0 aromatic rings. The fraction of sp³-hybridized carbons (Fsp3) is 0.792. The van der Waals surface area contributed by atoms with Crippen LogP contribution in [0, 0.1) is 11.3 Å². The molecule has 0 bridgehead atoms. The molecule has 4 aliphatic rings. The summed E-state index contributed by atoms with van der Waals surface area (Å²) >= 11 is 0. The number of urea groups is 1. The van der Waals surface area contributed by atoms with E-state index in [0.29, 0.717) is 0 Å². The third-order valence-electron chi connectivity index (χ3n) is 8.43. The van der Waals surface area contributed by atoms with Crippen molar-refractivity contribution in [2.45, 2.75) is 89.1 Å². The number of ketones is 1. The molecule has 1 N–H and O–H groups in total. The first kappa shape index (κ1) is 21.5. The zero-order chi connectivity index (χ0) is 21.4. The zero-order valence-corrected chi connectivity index (χ0v) is 18.6. The maximum Gasteiger partial charge on any atom is 0.327 e. The summed E-state index contributed by atoms with van der Waals surface area (Å²) in [6.07, 6.45) is 16.5. The smallest absolute Gasteiger partial charge is 0.313 e. The van der Waals surface area contributed by atoms with Crippen LogP contribution >= 0.6 is 0 Å². The number of hydrogen-bond donors (Lipinski definition) is 1. The Kier molecular flexibility index (Phi) is 6.06. The molecule has 30 heavy (non-hydrogen) atoms. The minimum Gasteiger partial charge on any atom is -0.313 e. The van der Waals surface area contributed by atoms with Gasteiger partial charge in [0.15, 0.2) is 5.78 Å². The maximum absolute atomic E-state index is 13.3. The second-order valence-electron chi connectivity index (χ2n) is 10.2. The molecule has 3 atom stereocenters. The Morgan fingerprint density at radius 3 is 2.50 bits per heavy atom. The number of nitrogens with zero attached hydrogens (tertiary/aromatic N) is 2. The van der Waals surface area contributed by atoms with Crippen LogP contribution < -0.4 is 5.32 Å². The molecular weight excluding hydrogens is 378 g/mol. The average molecular weight is 416 g/mol. The molecule has 2 aliphatic heterocycles. The monoisotopic (exact) mass is 415 g/mol. The number of likely N-dealkylation sites (N-methyl/N-ethyl adjacent to an activating group) is 1. The average Bonchev–Trinajstić information content (AvgIpc) is 3.24. The van der Waals surface area contributed by atoms with Gasteiger partial charge < -0.3 is 10.2 Å². The molecule has 6 nitrogen and oxygen atoms in total. The number of carbonyl (C=O) groups is 3. The van der Waals surface area contributed by atoms with Gasteiger partial charge in [0.25, 0.3) is 5.91 Å². The third kappa shape index (κ3) is 3.72. The largest absolute Gasteiger partial charge is 0.327 e. The van der Waals surface area contributed by atoms with E-state index in [4.69, 9.17) is 0 Å². The van der Waals surface area contributed by atoms with Gasteiger partial charge in [0.2, 0.25) is 0 Å². The molecule has 0 aromatic heterocycles.